The molecule has 5 heteroatoms. The van der Waals surface area contributed by atoms with E-state index >= 15 is 0 Å². The van der Waals surface area contributed by atoms with Crippen LogP contribution in [0.1, 0.15) is 25.0 Å². The van der Waals surface area contributed by atoms with E-state index < -0.39 is 0 Å². The van der Waals surface area contributed by atoms with E-state index in [-0.39, 0.29) is 0 Å². The first-order chi connectivity index (χ1) is 8.83. The molecule has 1 aromatic heterocycles. The minimum absolute atomic E-state index is 0.780. The van der Waals surface area contributed by atoms with E-state index in [2.05, 4.69) is 26.4 Å². The predicted molar refractivity (Wildman–Crippen MR) is 78.2 cm³/mol. The van der Waals surface area contributed by atoms with Crippen LogP contribution in [0.4, 0.5) is 5.82 Å². The molecule has 0 bridgehead atoms. The van der Waals surface area contributed by atoms with E-state index in [4.69, 9.17) is 0 Å². The summed E-state index contributed by atoms with van der Waals surface area (Å²) in [4.78, 5) is 11.3. The van der Waals surface area contributed by atoms with Gasteiger partial charge in [0.25, 0.3) is 0 Å². The van der Waals surface area contributed by atoms with Gasteiger partial charge in [0.15, 0.2) is 0 Å². The van der Waals surface area contributed by atoms with Crippen molar-refractivity contribution in [2.24, 2.45) is 0 Å². The fraction of sp³-hybridized carbons (Fsp3) is 0.692. The maximum Gasteiger partial charge on any atom is 0.147 e. The summed E-state index contributed by atoms with van der Waals surface area (Å²) in [6, 6.07) is 0. The first-order valence-electron chi connectivity index (χ1n) is 6.56. The van der Waals surface area contributed by atoms with Gasteiger partial charge in [-0.2, -0.15) is 11.8 Å². The highest BCUT2D eigenvalue weighted by Crippen LogP contribution is 2.23. The second-order valence-electron chi connectivity index (χ2n) is 4.67. The normalized spacial score (nSPS) is 20.8. The lowest BCUT2D eigenvalue weighted by Crippen LogP contribution is -2.25. The highest BCUT2D eigenvalue weighted by molar-refractivity contribution is 7.99. The summed E-state index contributed by atoms with van der Waals surface area (Å²) in [6.07, 6.45) is 9.83. The third kappa shape index (κ3) is 3.59. The van der Waals surface area contributed by atoms with Crippen LogP contribution in [-0.4, -0.2) is 41.6 Å². The summed E-state index contributed by atoms with van der Waals surface area (Å²) >= 11 is 1.99. The van der Waals surface area contributed by atoms with Crippen LogP contribution in [0.2, 0.25) is 0 Å². The first-order valence-corrected chi connectivity index (χ1v) is 7.85. The average molecular weight is 266 g/mol. The summed E-state index contributed by atoms with van der Waals surface area (Å²) in [5.74, 6) is 1.02. The number of anilines is 1. The van der Waals surface area contributed by atoms with Gasteiger partial charge in [-0.15, -0.1) is 0 Å². The molecule has 0 radical (unpaired) electrons. The van der Waals surface area contributed by atoms with Crippen LogP contribution in [0.3, 0.4) is 0 Å². The molecule has 1 aromatic rings. The second kappa shape index (κ2) is 6.95. The first kappa shape index (κ1) is 13.6. The van der Waals surface area contributed by atoms with Crippen molar-refractivity contribution in [3.05, 3.63) is 18.1 Å². The molecule has 0 spiro atoms. The molecule has 1 N–H and O–H groups in total. The lowest BCUT2D eigenvalue weighted by atomic mass is 10.2. The molecule has 0 aromatic carbocycles. The molecular weight excluding hydrogens is 244 g/mol. The van der Waals surface area contributed by atoms with Crippen molar-refractivity contribution in [1.29, 1.82) is 0 Å². The van der Waals surface area contributed by atoms with Gasteiger partial charge in [-0.25, -0.2) is 4.98 Å². The molecule has 1 fully saturated rings. The summed E-state index contributed by atoms with van der Waals surface area (Å²) in [7, 11) is 1.92. The number of hydrogen-bond donors (Lipinski definition) is 1. The monoisotopic (exact) mass is 266 g/mol. The number of thioether (sulfide) groups is 1. The van der Waals surface area contributed by atoms with Crippen molar-refractivity contribution in [2.75, 3.05) is 31.3 Å². The average Bonchev–Trinajstić information content (AvgIpc) is 2.65. The number of rotatable bonds is 4. The molecule has 2 heterocycles. The lowest BCUT2D eigenvalue weighted by molar-refractivity contribution is 0.745. The van der Waals surface area contributed by atoms with Gasteiger partial charge in [-0.3, -0.25) is 4.98 Å². The Kier molecular flexibility index (Phi) is 5.26. The fourth-order valence-corrected chi connectivity index (χ4v) is 3.06. The van der Waals surface area contributed by atoms with Crippen LogP contribution in [-0.2, 0) is 6.54 Å². The van der Waals surface area contributed by atoms with Gasteiger partial charge in [0.05, 0.1) is 18.1 Å². The van der Waals surface area contributed by atoms with Gasteiger partial charge < -0.3 is 10.2 Å². The van der Waals surface area contributed by atoms with E-state index in [1.807, 2.05) is 31.2 Å². The molecule has 1 saturated heterocycles. The zero-order valence-corrected chi connectivity index (χ0v) is 12.0. The minimum Gasteiger partial charge on any atom is -0.355 e. The molecule has 100 valence electrons. The van der Waals surface area contributed by atoms with Crippen LogP contribution >= 0.6 is 11.8 Å². The lowest BCUT2D eigenvalue weighted by Gasteiger charge is -2.21. The predicted octanol–water partition coefficient (Wildman–Crippen LogP) is 1.92. The van der Waals surface area contributed by atoms with E-state index in [0.29, 0.717) is 0 Å². The Bertz CT molecular complexity index is 355. The molecule has 0 aliphatic carbocycles. The maximum atomic E-state index is 4.53. The van der Waals surface area contributed by atoms with Gasteiger partial charge in [-0.1, -0.05) is 0 Å². The van der Waals surface area contributed by atoms with Crippen LogP contribution in [0, 0.1) is 0 Å². The third-order valence-corrected chi connectivity index (χ3v) is 4.52. The van der Waals surface area contributed by atoms with Gasteiger partial charge in [0, 0.05) is 24.9 Å². The zero-order chi connectivity index (χ0) is 12.8. The Morgan fingerprint density at radius 1 is 1.33 bits per heavy atom. The van der Waals surface area contributed by atoms with Crippen LogP contribution < -0.4 is 10.2 Å². The number of hydrogen-bond acceptors (Lipinski definition) is 5. The molecule has 4 nitrogen and oxygen atoms in total. The van der Waals surface area contributed by atoms with Crippen LogP contribution in [0.25, 0.3) is 0 Å². The summed E-state index contributed by atoms with van der Waals surface area (Å²) < 4.78 is 0. The highest BCUT2D eigenvalue weighted by atomic mass is 32.2. The topological polar surface area (TPSA) is 41.1 Å². The quantitative estimate of drug-likeness (QED) is 0.901. The van der Waals surface area contributed by atoms with Crippen LogP contribution in [0.5, 0.6) is 0 Å². The smallest absolute Gasteiger partial charge is 0.147 e. The Balaban J connectivity index is 1.98. The van der Waals surface area contributed by atoms with Gasteiger partial charge in [-0.05, 0) is 32.6 Å². The summed E-state index contributed by atoms with van der Waals surface area (Å²) in [5.41, 5.74) is 0.998. The van der Waals surface area contributed by atoms with E-state index in [9.17, 15) is 0 Å². The molecule has 2 rings (SSSR count). The number of nitrogens with one attached hydrogen (secondary N) is 1. The molecule has 18 heavy (non-hydrogen) atoms. The Morgan fingerprint density at radius 2 is 2.22 bits per heavy atom. The van der Waals surface area contributed by atoms with Crippen molar-refractivity contribution in [1.82, 2.24) is 15.3 Å². The van der Waals surface area contributed by atoms with Gasteiger partial charge >= 0.3 is 0 Å². The fourth-order valence-electron chi connectivity index (χ4n) is 2.31. The van der Waals surface area contributed by atoms with Crippen molar-refractivity contribution >= 4 is 17.6 Å². The highest BCUT2D eigenvalue weighted by Gasteiger charge is 2.17. The molecule has 1 aliphatic rings. The molecule has 1 atom stereocenters. The second-order valence-corrected chi connectivity index (χ2v) is 5.81. The van der Waals surface area contributed by atoms with Crippen molar-refractivity contribution in [2.45, 2.75) is 31.1 Å². The number of nitrogens with zero attached hydrogens (tertiary/aromatic N) is 3. The Hall–Kier alpha value is -0.810. The SMILES string of the molecule is CNCc1cnc(N2CCCC(SC)CC2)cn1. The van der Waals surface area contributed by atoms with Crippen molar-refractivity contribution in [3.8, 4) is 0 Å². The van der Waals surface area contributed by atoms with Gasteiger partial charge in [0.1, 0.15) is 5.82 Å². The van der Waals surface area contributed by atoms with Gasteiger partial charge in [0.2, 0.25) is 0 Å². The maximum absolute atomic E-state index is 4.53. The summed E-state index contributed by atoms with van der Waals surface area (Å²) in [5, 5.41) is 3.90. The Labute approximate surface area is 114 Å². The van der Waals surface area contributed by atoms with Crippen LogP contribution in [0.15, 0.2) is 12.4 Å². The van der Waals surface area contributed by atoms with E-state index in [1.165, 1.54) is 19.3 Å². The molecule has 0 saturated carbocycles. The van der Waals surface area contributed by atoms with Crippen molar-refractivity contribution < 1.29 is 0 Å². The van der Waals surface area contributed by atoms with E-state index in [1.54, 1.807) is 0 Å². The third-order valence-electron chi connectivity index (χ3n) is 3.38. The van der Waals surface area contributed by atoms with Crippen molar-refractivity contribution in [3.63, 3.8) is 0 Å². The standard InChI is InChI=1S/C13H22N4S/c1-14-8-11-9-16-13(10-15-11)17-6-3-4-12(18-2)5-7-17/h9-10,12,14H,3-8H2,1-2H3. The Morgan fingerprint density at radius 3 is 2.89 bits per heavy atom. The molecular formula is C13H22N4S. The molecule has 0 amide bonds. The summed E-state index contributed by atoms with van der Waals surface area (Å²) in [6.45, 7) is 2.99. The zero-order valence-electron chi connectivity index (χ0n) is 11.2. The van der Waals surface area contributed by atoms with E-state index in [0.717, 1.165) is 36.4 Å². The number of aromatic nitrogens is 2. The molecule has 1 unspecified atom stereocenters. The largest absolute Gasteiger partial charge is 0.355 e. The molecule has 1 aliphatic heterocycles. The minimum atomic E-state index is 0.780.